The van der Waals surface area contributed by atoms with E-state index < -0.39 is 0 Å². The van der Waals surface area contributed by atoms with E-state index in [-0.39, 0.29) is 6.03 Å². The summed E-state index contributed by atoms with van der Waals surface area (Å²) in [5.41, 5.74) is 0. The van der Waals surface area contributed by atoms with Crippen LogP contribution >= 0.6 is 0 Å². The molecule has 0 aromatic carbocycles. The Bertz CT molecular complexity index is 186. The van der Waals surface area contributed by atoms with E-state index >= 15 is 0 Å². The lowest BCUT2D eigenvalue weighted by Gasteiger charge is -2.19. The van der Waals surface area contributed by atoms with Gasteiger partial charge in [-0.1, -0.05) is 39.0 Å². The Morgan fingerprint density at radius 3 is 2.38 bits per heavy atom. The molecule has 1 rings (SSSR count). The van der Waals surface area contributed by atoms with E-state index in [1.54, 1.807) is 0 Å². The number of amides is 2. The maximum absolute atomic E-state index is 11.7. The van der Waals surface area contributed by atoms with Crippen molar-refractivity contribution in [1.82, 2.24) is 10.2 Å². The molecular weight excluding hydrogens is 200 g/mol. The molecule has 0 bridgehead atoms. The van der Waals surface area contributed by atoms with Crippen LogP contribution in [0.2, 0.25) is 0 Å². The van der Waals surface area contributed by atoms with Crippen LogP contribution in [0.4, 0.5) is 4.79 Å². The second kappa shape index (κ2) is 8.43. The van der Waals surface area contributed by atoms with Crippen LogP contribution in [0.5, 0.6) is 0 Å². The van der Waals surface area contributed by atoms with E-state index in [4.69, 9.17) is 0 Å². The van der Waals surface area contributed by atoms with E-state index in [2.05, 4.69) is 12.2 Å². The van der Waals surface area contributed by atoms with Crippen LogP contribution in [-0.4, -0.2) is 30.6 Å². The number of unbranched alkanes of at least 4 members (excludes halogenated alkanes) is 3. The summed E-state index contributed by atoms with van der Waals surface area (Å²) in [5.74, 6) is 0. The predicted octanol–water partition coefficient (Wildman–Crippen LogP) is 3.17. The second-order valence-electron chi connectivity index (χ2n) is 4.63. The lowest BCUT2D eigenvalue weighted by Crippen LogP contribution is -2.37. The van der Waals surface area contributed by atoms with Gasteiger partial charge in [0.05, 0.1) is 0 Å². The van der Waals surface area contributed by atoms with Crippen molar-refractivity contribution in [1.29, 1.82) is 0 Å². The molecule has 1 aliphatic heterocycles. The van der Waals surface area contributed by atoms with Crippen molar-refractivity contribution in [3.8, 4) is 0 Å². The van der Waals surface area contributed by atoms with Crippen LogP contribution in [0.15, 0.2) is 0 Å². The van der Waals surface area contributed by atoms with Crippen LogP contribution in [0, 0.1) is 0 Å². The summed E-state index contributed by atoms with van der Waals surface area (Å²) < 4.78 is 0. The maximum atomic E-state index is 11.7. The van der Waals surface area contributed by atoms with Crippen molar-refractivity contribution in [3.05, 3.63) is 0 Å². The lowest BCUT2D eigenvalue weighted by atomic mass is 10.2. The average molecular weight is 225 g/mol. The smallest absolute Gasteiger partial charge is 0.323 e. The zero-order valence-electron chi connectivity index (χ0n) is 10.6. The quantitative estimate of drug-likeness (QED) is 0.662. The fraction of sp³-hybridized carbons (Fsp3) is 0.923. The summed E-state index contributed by atoms with van der Waals surface area (Å²) in [6.07, 6.45) is 9.59. The fourth-order valence-electron chi connectivity index (χ4n) is 2.08. The summed E-state index contributed by atoms with van der Waals surface area (Å²) in [5, 5.41) is 4.15. The average Bonchev–Trinajstić information content (AvgIpc) is 2.57. The Hall–Kier alpha value is -0.730. The van der Waals surface area contributed by atoms with Crippen molar-refractivity contribution < 1.29 is 4.79 Å². The highest BCUT2D eigenvalue weighted by Gasteiger charge is 2.15. The van der Waals surface area contributed by atoms with Crippen LogP contribution in [0.3, 0.4) is 0 Å². The SMILES string of the molecule is CCCCCC[N]C(=O)N1CCCCCC1. The number of likely N-dealkylation sites (tertiary alicyclic amines) is 1. The molecule has 0 aromatic rings. The highest BCUT2D eigenvalue weighted by molar-refractivity contribution is 5.73. The zero-order chi connectivity index (χ0) is 11.6. The number of carbonyl (C=O) groups excluding carboxylic acids is 1. The van der Waals surface area contributed by atoms with Crippen LogP contribution < -0.4 is 5.32 Å². The normalized spacial score (nSPS) is 16.9. The molecule has 0 aliphatic carbocycles. The van der Waals surface area contributed by atoms with E-state index in [0.29, 0.717) is 0 Å². The van der Waals surface area contributed by atoms with Crippen LogP contribution in [0.1, 0.15) is 58.3 Å². The van der Waals surface area contributed by atoms with Gasteiger partial charge in [0.25, 0.3) is 0 Å². The molecule has 0 unspecified atom stereocenters. The van der Waals surface area contributed by atoms with Gasteiger partial charge in [-0.3, -0.25) is 0 Å². The Labute approximate surface area is 99.6 Å². The van der Waals surface area contributed by atoms with Crippen molar-refractivity contribution >= 4 is 6.03 Å². The Morgan fingerprint density at radius 2 is 1.75 bits per heavy atom. The largest absolute Gasteiger partial charge is 0.338 e. The summed E-state index contributed by atoms with van der Waals surface area (Å²) in [7, 11) is 0. The number of nitrogens with zero attached hydrogens (tertiary/aromatic N) is 2. The third-order valence-electron chi connectivity index (χ3n) is 3.14. The standard InChI is InChI=1S/C13H25N2O/c1-2-3-4-7-10-14-13(16)15-11-8-5-6-9-12-15/h2-12H2,1H3. The molecule has 0 aromatic heterocycles. The van der Waals surface area contributed by atoms with Gasteiger partial charge in [0.2, 0.25) is 0 Å². The summed E-state index contributed by atoms with van der Waals surface area (Å²) in [6, 6.07) is 0.0263. The molecule has 1 saturated heterocycles. The number of urea groups is 1. The molecule has 0 N–H and O–H groups in total. The van der Waals surface area contributed by atoms with Crippen molar-refractivity contribution in [3.63, 3.8) is 0 Å². The van der Waals surface area contributed by atoms with Gasteiger partial charge in [0.1, 0.15) is 0 Å². The zero-order valence-corrected chi connectivity index (χ0v) is 10.6. The molecule has 2 amide bonds. The van der Waals surface area contributed by atoms with Gasteiger partial charge in [0.15, 0.2) is 0 Å². The van der Waals surface area contributed by atoms with Gasteiger partial charge in [-0.2, -0.15) is 0 Å². The maximum Gasteiger partial charge on any atom is 0.338 e. The number of hydrogen-bond donors (Lipinski definition) is 0. The van der Waals surface area contributed by atoms with Gasteiger partial charge < -0.3 is 4.90 Å². The Morgan fingerprint density at radius 1 is 1.06 bits per heavy atom. The number of carbonyl (C=O) groups is 1. The molecule has 1 aliphatic rings. The van der Waals surface area contributed by atoms with Gasteiger partial charge in [-0.05, 0) is 19.3 Å². The predicted molar refractivity (Wildman–Crippen MR) is 66.6 cm³/mol. The molecular formula is C13H25N2O. The molecule has 16 heavy (non-hydrogen) atoms. The molecule has 1 fully saturated rings. The van der Waals surface area contributed by atoms with E-state index in [1.165, 1.54) is 32.1 Å². The summed E-state index contributed by atoms with van der Waals surface area (Å²) >= 11 is 0. The molecule has 0 atom stereocenters. The fourth-order valence-corrected chi connectivity index (χ4v) is 2.08. The molecule has 93 valence electrons. The molecule has 1 heterocycles. The van der Waals surface area contributed by atoms with E-state index in [1.807, 2.05) is 4.90 Å². The highest BCUT2D eigenvalue weighted by Crippen LogP contribution is 2.09. The highest BCUT2D eigenvalue weighted by atomic mass is 16.2. The van der Waals surface area contributed by atoms with Crippen molar-refractivity contribution in [2.45, 2.75) is 58.3 Å². The Kier molecular flexibility index (Phi) is 7.02. The van der Waals surface area contributed by atoms with Crippen molar-refractivity contribution in [2.24, 2.45) is 0 Å². The first kappa shape index (κ1) is 13.3. The minimum atomic E-state index is 0.0263. The monoisotopic (exact) mass is 225 g/mol. The number of rotatable bonds is 5. The Balaban J connectivity index is 2.08. The van der Waals surface area contributed by atoms with Gasteiger partial charge in [-0.25, -0.2) is 10.1 Å². The molecule has 3 nitrogen and oxygen atoms in total. The minimum absolute atomic E-state index is 0.0263. The van der Waals surface area contributed by atoms with Gasteiger partial charge in [0, 0.05) is 19.6 Å². The minimum Gasteiger partial charge on any atom is -0.323 e. The summed E-state index contributed by atoms with van der Waals surface area (Å²) in [6.45, 7) is 4.74. The molecule has 0 saturated carbocycles. The topological polar surface area (TPSA) is 34.4 Å². The third-order valence-corrected chi connectivity index (χ3v) is 3.14. The first-order valence-corrected chi connectivity index (χ1v) is 6.81. The lowest BCUT2D eigenvalue weighted by molar-refractivity contribution is 0.198. The molecule has 0 spiro atoms. The molecule has 3 heteroatoms. The van der Waals surface area contributed by atoms with E-state index in [9.17, 15) is 4.79 Å². The van der Waals surface area contributed by atoms with Crippen molar-refractivity contribution in [2.75, 3.05) is 19.6 Å². The number of hydrogen-bond acceptors (Lipinski definition) is 1. The van der Waals surface area contributed by atoms with Gasteiger partial charge >= 0.3 is 6.03 Å². The first-order chi connectivity index (χ1) is 7.84. The first-order valence-electron chi connectivity index (χ1n) is 6.81. The third kappa shape index (κ3) is 5.38. The van der Waals surface area contributed by atoms with E-state index in [0.717, 1.165) is 38.9 Å². The van der Waals surface area contributed by atoms with Crippen LogP contribution in [-0.2, 0) is 0 Å². The van der Waals surface area contributed by atoms with Crippen LogP contribution in [0.25, 0.3) is 0 Å². The second-order valence-corrected chi connectivity index (χ2v) is 4.63. The molecule has 1 radical (unpaired) electrons. The van der Waals surface area contributed by atoms with Gasteiger partial charge in [-0.15, -0.1) is 0 Å². The summed E-state index contributed by atoms with van der Waals surface area (Å²) in [4.78, 5) is 13.7.